The van der Waals surface area contributed by atoms with Gasteiger partial charge in [0.2, 0.25) is 5.91 Å². The molecule has 0 heterocycles. The zero-order valence-electron chi connectivity index (χ0n) is 8.72. The number of carbonyl (C=O) groups excluding carboxylic acids is 1. The van der Waals surface area contributed by atoms with E-state index >= 15 is 0 Å². The first-order valence-corrected chi connectivity index (χ1v) is 6.02. The number of hydrogen-bond donors (Lipinski definition) is 1. The Morgan fingerprint density at radius 2 is 2.13 bits per heavy atom. The number of amides is 1. The van der Waals surface area contributed by atoms with Crippen LogP contribution in [0, 0.1) is 12.8 Å². The number of anilines is 1. The van der Waals surface area contributed by atoms with E-state index in [2.05, 4.69) is 21.2 Å². The summed E-state index contributed by atoms with van der Waals surface area (Å²) in [6.45, 7) is 2.02. The van der Waals surface area contributed by atoms with E-state index in [9.17, 15) is 4.79 Å². The number of nitrogens with one attached hydrogen (secondary N) is 1. The lowest BCUT2D eigenvalue weighted by Gasteiger charge is -2.24. The van der Waals surface area contributed by atoms with Crippen LogP contribution in [-0.2, 0) is 4.79 Å². The van der Waals surface area contributed by atoms with Crippen molar-refractivity contribution < 1.29 is 4.79 Å². The fourth-order valence-corrected chi connectivity index (χ4v) is 2.33. The number of aryl methyl sites for hydroxylation is 1. The molecule has 0 radical (unpaired) electrons. The molecule has 1 N–H and O–H groups in total. The number of hydrogen-bond acceptors (Lipinski definition) is 1. The molecule has 1 saturated carbocycles. The first-order valence-electron chi connectivity index (χ1n) is 5.23. The van der Waals surface area contributed by atoms with Gasteiger partial charge in [-0.15, -0.1) is 0 Å². The standard InChI is InChI=1S/C12H14BrNO/c1-8-5-10(13)7-11(6-8)14-12(15)9-3-2-4-9/h5-7,9H,2-4H2,1H3,(H,14,15). The molecule has 3 heteroatoms. The highest BCUT2D eigenvalue weighted by Crippen LogP contribution is 2.28. The summed E-state index contributed by atoms with van der Waals surface area (Å²) in [5, 5.41) is 2.96. The van der Waals surface area contributed by atoms with Gasteiger partial charge >= 0.3 is 0 Å². The van der Waals surface area contributed by atoms with Crippen molar-refractivity contribution >= 4 is 27.5 Å². The lowest BCUT2D eigenvalue weighted by molar-refractivity contribution is -0.122. The van der Waals surface area contributed by atoms with Crippen LogP contribution in [-0.4, -0.2) is 5.91 Å². The minimum absolute atomic E-state index is 0.166. The van der Waals surface area contributed by atoms with Crippen LogP contribution in [0.5, 0.6) is 0 Å². The Morgan fingerprint density at radius 1 is 1.40 bits per heavy atom. The molecule has 0 saturated heterocycles. The van der Waals surface area contributed by atoms with Crippen LogP contribution in [0.3, 0.4) is 0 Å². The predicted octanol–water partition coefficient (Wildman–Crippen LogP) is 3.50. The molecule has 0 atom stereocenters. The monoisotopic (exact) mass is 267 g/mol. The van der Waals surface area contributed by atoms with Crippen molar-refractivity contribution in [1.82, 2.24) is 0 Å². The van der Waals surface area contributed by atoms with Gasteiger partial charge in [-0.1, -0.05) is 22.4 Å². The van der Waals surface area contributed by atoms with E-state index in [1.54, 1.807) is 0 Å². The first-order chi connectivity index (χ1) is 7.15. The maximum atomic E-state index is 11.7. The Balaban J connectivity index is 2.06. The molecule has 1 fully saturated rings. The molecule has 0 bridgehead atoms. The van der Waals surface area contributed by atoms with Crippen LogP contribution in [0.15, 0.2) is 22.7 Å². The summed E-state index contributed by atoms with van der Waals surface area (Å²) in [4.78, 5) is 11.7. The minimum Gasteiger partial charge on any atom is -0.326 e. The third kappa shape index (κ3) is 2.59. The zero-order chi connectivity index (χ0) is 10.8. The molecule has 0 aliphatic heterocycles. The molecule has 1 amide bonds. The highest BCUT2D eigenvalue weighted by Gasteiger charge is 2.25. The number of rotatable bonds is 2. The normalized spacial score (nSPS) is 15.9. The minimum atomic E-state index is 0.166. The van der Waals surface area contributed by atoms with Crippen LogP contribution in [0.25, 0.3) is 0 Å². The van der Waals surface area contributed by atoms with E-state index in [-0.39, 0.29) is 11.8 Å². The fourth-order valence-electron chi connectivity index (χ4n) is 1.72. The van der Waals surface area contributed by atoms with Crippen molar-refractivity contribution in [3.05, 3.63) is 28.2 Å². The lowest BCUT2D eigenvalue weighted by Crippen LogP contribution is -2.28. The molecular formula is C12H14BrNO. The quantitative estimate of drug-likeness (QED) is 0.873. The first kappa shape index (κ1) is 10.7. The van der Waals surface area contributed by atoms with Crippen LogP contribution in [0.2, 0.25) is 0 Å². The van der Waals surface area contributed by atoms with Crippen molar-refractivity contribution in [3.8, 4) is 0 Å². The Hall–Kier alpha value is -0.830. The maximum absolute atomic E-state index is 11.7. The Labute approximate surface area is 98.2 Å². The molecule has 1 aliphatic carbocycles. The molecule has 2 nitrogen and oxygen atoms in total. The lowest BCUT2D eigenvalue weighted by atomic mass is 9.85. The predicted molar refractivity (Wildman–Crippen MR) is 64.8 cm³/mol. The summed E-state index contributed by atoms with van der Waals surface area (Å²) in [5.41, 5.74) is 2.03. The SMILES string of the molecule is Cc1cc(Br)cc(NC(=O)C2CCC2)c1. The number of benzene rings is 1. The van der Waals surface area contributed by atoms with E-state index in [0.717, 1.165) is 28.6 Å². The molecule has 1 aromatic carbocycles. The Kier molecular flexibility index (Phi) is 3.10. The second kappa shape index (κ2) is 4.35. The van der Waals surface area contributed by atoms with Crippen molar-refractivity contribution in [1.29, 1.82) is 0 Å². The summed E-state index contributed by atoms with van der Waals surface area (Å²) < 4.78 is 1.01. The van der Waals surface area contributed by atoms with Crippen molar-refractivity contribution in [2.24, 2.45) is 5.92 Å². The van der Waals surface area contributed by atoms with Gasteiger partial charge < -0.3 is 5.32 Å². The highest BCUT2D eigenvalue weighted by atomic mass is 79.9. The molecule has 80 valence electrons. The second-order valence-corrected chi connectivity index (χ2v) is 5.05. The van der Waals surface area contributed by atoms with Crippen LogP contribution >= 0.6 is 15.9 Å². The van der Waals surface area contributed by atoms with Gasteiger partial charge in [-0.25, -0.2) is 0 Å². The largest absolute Gasteiger partial charge is 0.326 e. The summed E-state index contributed by atoms with van der Waals surface area (Å²) >= 11 is 3.42. The zero-order valence-corrected chi connectivity index (χ0v) is 10.3. The average molecular weight is 268 g/mol. The Morgan fingerprint density at radius 3 is 2.67 bits per heavy atom. The molecule has 0 unspecified atom stereocenters. The van der Waals surface area contributed by atoms with Gasteiger partial charge in [0, 0.05) is 16.1 Å². The number of halogens is 1. The average Bonchev–Trinajstić information content (AvgIpc) is 1.96. The molecule has 1 aliphatic rings. The molecule has 2 rings (SSSR count). The Bertz CT molecular complexity index is 365. The summed E-state index contributed by atoms with van der Waals surface area (Å²) in [6.07, 6.45) is 3.27. The molecular weight excluding hydrogens is 254 g/mol. The summed E-state index contributed by atoms with van der Waals surface area (Å²) in [5.74, 6) is 0.406. The van der Waals surface area contributed by atoms with Gasteiger partial charge in [-0.2, -0.15) is 0 Å². The van der Waals surface area contributed by atoms with Crippen molar-refractivity contribution in [2.45, 2.75) is 26.2 Å². The molecule has 0 aromatic heterocycles. The number of carbonyl (C=O) groups is 1. The van der Waals surface area contributed by atoms with E-state index in [0.29, 0.717) is 0 Å². The molecule has 15 heavy (non-hydrogen) atoms. The summed E-state index contributed by atoms with van der Waals surface area (Å²) in [6, 6.07) is 5.95. The van der Waals surface area contributed by atoms with Crippen LogP contribution < -0.4 is 5.32 Å². The second-order valence-electron chi connectivity index (χ2n) is 4.13. The van der Waals surface area contributed by atoms with Crippen molar-refractivity contribution in [3.63, 3.8) is 0 Å². The van der Waals surface area contributed by atoms with Gasteiger partial charge in [0.25, 0.3) is 0 Å². The van der Waals surface area contributed by atoms with E-state index < -0.39 is 0 Å². The fraction of sp³-hybridized carbons (Fsp3) is 0.417. The van der Waals surface area contributed by atoms with E-state index in [4.69, 9.17) is 0 Å². The van der Waals surface area contributed by atoms with Gasteiger partial charge in [-0.3, -0.25) is 4.79 Å². The van der Waals surface area contributed by atoms with E-state index in [1.807, 2.05) is 25.1 Å². The molecule has 1 aromatic rings. The smallest absolute Gasteiger partial charge is 0.227 e. The van der Waals surface area contributed by atoms with Crippen molar-refractivity contribution in [2.75, 3.05) is 5.32 Å². The van der Waals surface area contributed by atoms with Crippen LogP contribution in [0.1, 0.15) is 24.8 Å². The van der Waals surface area contributed by atoms with Gasteiger partial charge in [0.15, 0.2) is 0 Å². The third-order valence-corrected chi connectivity index (χ3v) is 3.24. The maximum Gasteiger partial charge on any atom is 0.227 e. The highest BCUT2D eigenvalue weighted by molar-refractivity contribution is 9.10. The molecule has 0 spiro atoms. The van der Waals surface area contributed by atoms with E-state index in [1.165, 1.54) is 6.42 Å². The topological polar surface area (TPSA) is 29.1 Å². The summed E-state index contributed by atoms with van der Waals surface area (Å²) in [7, 11) is 0. The van der Waals surface area contributed by atoms with Gasteiger partial charge in [0.05, 0.1) is 0 Å². The third-order valence-electron chi connectivity index (χ3n) is 2.79. The van der Waals surface area contributed by atoms with Gasteiger partial charge in [0.1, 0.15) is 0 Å². The van der Waals surface area contributed by atoms with Crippen LogP contribution in [0.4, 0.5) is 5.69 Å². The van der Waals surface area contributed by atoms with Gasteiger partial charge in [-0.05, 0) is 43.5 Å².